The molecule has 0 radical (unpaired) electrons. The molecule has 0 unspecified atom stereocenters. The lowest BCUT2D eigenvalue weighted by molar-refractivity contribution is 0.249. The van der Waals surface area contributed by atoms with Crippen LogP contribution in [0.5, 0.6) is 0 Å². The van der Waals surface area contributed by atoms with E-state index in [9.17, 15) is 0 Å². The van der Waals surface area contributed by atoms with Crippen molar-refractivity contribution in [3.63, 3.8) is 0 Å². The highest BCUT2D eigenvalue weighted by Crippen LogP contribution is 2.32. The molecular weight excluding hydrogens is 546 g/mol. The molecule has 5 heterocycles. The van der Waals surface area contributed by atoms with Gasteiger partial charge in [0.05, 0.1) is 11.3 Å². The Balaban J connectivity index is 1.20. The van der Waals surface area contributed by atoms with Crippen molar-refractivity contribution in [3.05, 3.63) is 108 Å². The topological polar surface area (TPSA) is 102 Å². The first-order valence-corrected chi connectivity index (χ1v) is 14.2. The number of benzene rings is 2. The number of hydrogen-bond donors (Lipinski definition) is 1. The highest BCUT2D eigenvalue weighted by Gasteiger charge is 2.20. The molecule has 0 amide bonds. The van der Waals surface area contributed by atoms with Gasteiger partial charge in [0.15, 0.2) is 11.5 Å². The Kier molecular flexibility index (Phi) is 6.95. The van der Waals surface area contributed by atoms with E-state index in [4.69, 9.17) is 27.3 Å². The second kappa shape index (κ2) is 11.2. The third-order valence-electron chi connectivity index (χ3n) is 7.59. The molecule has 0 bridgehead atoms. The Hall–Kier alpha value is -4.86. The first-order chi connectivity index (χ1) is 20.6. The summed E-state index contributed by atoms with van der Waals surface area (Å²) in [6.45, 7) is 4.70. The number of imidazole rings is 1. The number of halogens is 1. The van der Waals surface area contributed by atoms with E-state index in [-0.39, 0.29) is 0 Å². The number of nitrogen functional groups attached to an aromatic ring is 1. The number of nitrogens with two attached hydrogens (primary N) is 1. The van der Waals surface area contributed by atoms with Crippen LogP contribution in [0.1, 0.15) is 5.56 Å². The Labute approximate surface area is 248 Å². The van der Waals surface area contributed by atoms with Crippen LogP contribution in [0.15, 0.2) is 97.6 Å². The molecule has 1 fully saturated rings. The third kappa shape index (κ3) is 5.15. The summed E-state index contributed by atoms with van der Waals surface area (Å²) in [5.74, 6) is 2.11. The largest absolute Gasteiger partial charge is 0.383 e. The number of pyridine rings is 2. The summed E-state index contributed by atoms with van der Waals surface area (Å²) in [6, 6.07) is 26.0. The van der Waals surface area contributed by atoms with E-state index in [0.717, 1.165) is 72.2 Å². The van der Waals surface area contributed by atoms with E-state index in [1.165, 1.54) is 5.56 Å². The highest BCUT2D eigenvalue weighted by atomic mass is 35.5. The van der Waals surface area contributed by atoms with Crippen LogP contribution < -0.4 is 10.6 Å². The van der Waals surface area contributed by atoms with Gasteiger partial charge in [0.2, 0.25) is 0 Å². The number of fused-ring (bicyclic) bond motifs is 1. The van der Waals surface area contributed by atoms with Gasteiger partial charge in [-0.2, -0.15) is 0 Å². The predicted octanol–water partition coefficient (Wildman–Crippen LogP) is 5.50. The first-order valence-electron chi connectivity index (χ1n) is 13.8. The van der Waals surface area contributed by atoms with E-state index in [0.29, 0.717) is 16.7 Å². The Bertz CT molecular complexity index is 1830. The van der Waals surface area contributed by atoms with Crippen LogP contribution in [0.4, 0.5) is 11.6 Å². The molecule has 6 aromatic rings. The second-order valence-electron chi connectivity index (χ2n) is 10.3. The molecule has 1 saturated heterocycles. The fraction of sp³-hybridized carbons (Fsp3) is 0.156. The van der Waals surface area contributed by atoms with Gasteiger partial charge in [0.25, 0.3) is 0 Å². The lowest BCUT2D eigenvalue weighted by Crippen LogP contribution is -2.46. The average molecular weight is 574 g/mol. The van der Waals surface area contributed by atoms with E-state index < -0.39 is 0 Å². The lowest BCUT2D eigenvalue weighted by Gasteiger charge is -2.35. The Morgan fingerprint density at radius 1 is 0.786 bits per heavy atom. The molecule has 0 aliphatic carbocycles. The van der Waals surface area contributed by atoms with Crippen LogP contribution in [-0.4, -0.2) is 60.6 Å². The monoisotopic (exact) mass is 573 g/mol. The molecule has 42 heavy (non-hydrogen) atoms. The molecule has 208 valence electrons. The Morgan fingerprint density at radius 3 is 2.33 bits per heavy atom. The summed E-state index contributed by atoms with van der Waals surface area (Å²) >= 11 is 6.13. The van der Waals surface area contributed by atoms with Crippen LogP contribution in [-0.2, 0) is 6.54 Å². The maximum Gasteiger partial charge on any atom is 0.165 e. The summed E-state index contributed by atoms with van der Waals surface area (Å²) in [5.41, 5.74) is 12.6. The number of aromatic nitrogens is 6. The van der Waals surface area contributed by atoms with Gasteiger partial charge in [-0.1, -0.05) is 35.9 Å². The van der Waals surface area contributed by atoms with Crippen molar-refractivity contribution in [2.75, 3.05) is 36.8 Å². The van der Waals surface area contributed by atoms with Gasteiger partial charge in [0, 0.05) is 61.4 Å². The Morgan fingerprint density at radius 2 is 1.60 bits per heavy atom. The molecule has 9 nitrogen and oxygen atoms in total. The molecule has 1 aliphatic rings. The fourth-order valence-corrected chi connectivity index (χ4v) is 5.51. The molecule has 10 heteroatoms. The van der Waals surface area contributed by atoms with Crippen LogP contribution in [0, 0.1) is 0 Å². The summed E-state index contributed by atoms with van der Waals surface area (Å²) in [5, 5.41) is 0.687. The number of piperazine rings is 1. The molecule has 4 aromatic heterocycles. The standard InChI is InChI=1S/C32H28ClN9/c33-24-7-5-23(6-8-24)27-11-12-28-32(38-27)42(31(39-28)26-2-1-14-36-30(26)34)25-9-3-22(4-10-25)20-40-16-18-41(19-17-40)29-13-15-35-21-37-29/h1-15,21H,16-20H2,(H2,34,36). The van der Waals surface area contributed by atoms with E-state index in [1.807, 2.05) is 54.6 Å². The molecule has 7 rings (SSSR count). The van der Waals surface area contributed by atoms with Crippen molar-refractivity contribution in [1.82, 2.24) is 34.4 Å². The van der Waals surface area contributed by atoms with Gasteiger partial charge in [-0.05, 0) is 60.2 Å². The van der Waals surface area contributed by atoms with Crippen LogP contribution in [0.2, 0.25) is 5.02 Å². The zero-order valence-electron chi connectivity index (χ0n) is 22.8. The number of rotatable bonds is 6. The smallest absolute Gasteiger partial charge is 0.165 e. The molecule has 2 N–H and O–H groups in total. The number of anilines is 2. The van der Waals surface area contributed by atoms with Crippen molar-refractivity contribution in [1.29, 1.82) is 0 Å². The third-order valence-corrected chi connectivity index (χ3v) is 7.84. The van der Waals surface area contributed by atoms with E-state index in [1.54, 1.807) is 18.7 Å². The molecule has 0 spiro atoms. The van der Waals surface area contributed by atoms with Gasteiger partial charge in [-0.3, -0.25) is 9.47 Å². The van der Waals surface area contributed by atoms with E-state index in [2.05, 4.69) is 53.6 Å². The molecule has 1 aliphatic heterocycles. The van der Waals surface area contributed by atoms with Crippen molar-refractivity contribution < 1.29 is 0 Å². The predicted molar refractivity (Wildman–Crippen MR) is 166 cm³/mol. The summed E-state index contributed by atoms with van der Waals surface area (Å²) < 4.78 is 2.06. The quantitative estimate of drug-likeness (QED) is 0.279. The summed E-state index contributed by atoms with van der Waals surface area (Å²) in [7, 11) is 0. The zero-order chi connectivity index (χ0) is 28.5. The zero-order valence-corrected chi connectivity index (χ0v) is 23.6. The number of nitrogens with zero attached hydrogens (tertiary/aromatic N) is 8. The van der Waals surface area contributed by atoms with Crippen LogP contribution in [0.3, 0.4) is 0 Å². The van der Waals surface area contributed by atoms with Crippen molar-refractivity contribution in [2.45, 2.75) is 6.54 Å². The summed E-state index contributed by atoms with van der Waals surface area (Å²) in [4.78, 5) is 27.5. The highest BCUT2D eigenvalue weighted by molar-refractivity contribution is 6.30. The minimum Gasteiger partial charge on any atom is -0.383 e. The van der Waals surface area contributed by atoms with Crippen LogP contribution >= 0.6 is 11.6 Å². The van der Waals surface area contributed by atoms with Crippen molar-refractivity contribution in [3.8, 4) is 28.3 Å². The van der Waals surface area contributed by atoms with Gasteiger partial charge >= 0.3 is 0 Å². The minimum atomic E-state index is 0.421. The lowest BCUT2D eigenvalue weighted by atomic mass is 10.1. The fourth-order valence-electron chi connectivity index (χ4n) is 5.39. The average Bonchev–Trinajstić information content (AvgIpc) is 3.41. The second-order valence-corrected chi connectivity index (χ2v) is 10.7. The van der Waals surface area contributed by atoms with E-state index >= 15 is 0 Å². The van der Waals surface area contributed by atoms with Crippen molar-refractivity contribution in [2.24, 2.45) is 0 Å². The number of hydrogen-bond acceptors (Lipinski definition) is 8. The van der Waals surface area contributed by atoms with Gasteiger partial charge in [0.1, 0.15) is 23.5 Å². The van der Waals surface area contributed by atoms with Gasteiger partial charge in [-0.25, -0.2) is 24.9 Å². The minimum absolute atomic E-state index is 0.421. The van der Waals surface area contributed by atoms with Gasteiger partial charge < -0.3 is 10.6 Å². The maximum absolute atomic E-state index is 6.32. The molecule has 0 atom stereocenters. The van der Waals surface area contributed by atoms with Crippen LogP contribution in [0.25, 0.3) is 39.5 Å². The first kappa shape index (κ1) is 26.1. The van der Waals surface area contributed by atoms with Gasteiger partial charge in [-0.15, -0.1) is 0 Å². The summed E-state index contributed by atoms with van der Waals surface area (Å²) in [6.07, 6.45) is 5.08. The van der Waals surface area contributed by atoms with Crippen molar-refractivity contribution >= 4 is 34.4 Å². The molecular formula is C32H28ClN9. The molecule has 2 aromatic carbocycles. The SMILES string of the molecule is Nc1ncccc1-c1nc2ccc(-c3ccc(Cl)cc3)nc2n1-c1ccc(CN2CCN(c3ccncn3)CC2)cc1. The molecule has 0 saturated carbocycles. The maximum atomic E-state index is 6.32. The normalized spacial score (nSPS) is 14.0.